The van der Waals surface area contributed by atoms with Crippen molar-refractivity contribution in [2.75, 3.05) is 6.61 Å². The van der Waals surface area contributed by atoms with E-state index in [-0.39, 0.29) is 0 Å². The SMILES string of the molecule is CCCCCCCOC1CCC2OC2C1. The summed E-state index contributed by atoms with van der Waals surface area (Å²) in [6.07, 6.45) is 11.9. The molecule has 3 unspecified atom stereocenters. The minimum absolute atomic E-state index is 0.500. The fourth-order valence-electron chi connectivity index (χ4n) is 2.47. The number of unbranched alkanes of at least 4 members (excludes halogenated alkanes) is 4. The van der Waals surface area contributed by atoms with Gasteiger partial charge in [-0.3, -0.25) is 0 Å². The van der Waals surface area contributed by atoms with Crippen LogP contribution in [0.3, 0.4) is 0 Å². The van der Waals surface area contributed by atoms with Crippen LogP contribution < -0.4 is 0 Å². The van der Waals surface area contributed by atoms with Gasteiger partial charge < -0.3 is 9.47 Å². The van der Waals surface area contributed by atoms with Gasteiger partial charge in [-0.1, -0.05) is 32.6 Å². The lowest BCUT2D eigenvalue weighted by Crippen LogP contribution is -2.22. The summed E-state index contributed by atoms with van der Waals surface area (Å²) in [6, 6.07) is 0. The van der Waals surface area contributed by atoms with Gasteiger partial charge in [-0.2, -0.15) is 0 Å². The number of hydrogen-bond acceptors (Lipinski definition) is 2. The van der Waals surface area contributed by atoms with Crippen molar-refractivity contribution in [1.82, 2.24) is 0 Å². The zero-order valence-electron chi connectivity index (χ0n) is 9.91. The molecule has 1 saturated heterocycles. The summed E-state index contributed by atoms with van der Waals surface area (Å²) in [5, 5.41) is 0. The van der Waals surface area contributed by atoms with Gasteiger partial charge in [0.15, 0.2) is 0 Å². The van der Waals surface area contributed by atoms with Crippen LogP contribution in [0.2, 0.25) is 0 Å². The molecule has 1 aliphatic carbocycles. The Hall–Kier alpha value is -0.0800. The van der Waals surface area contributed by atoms with Crippen LogP contribution in [0.15, 0.2) is 0 Å². The number of ether oxygens (including phenoxy) is 2. The molecule has 3 atom stereocenters. The van der Waals surface area contributed by atoms with Gasteiger partial charge in [0.2, 0.25) is 0 Å². The molecule has 0 aromatic heterocycles. The average molecular weight is 212 g/mol. The zero-order valence-corrected chi connectivity index (χ0v) is 9.91. The maximum Gasteiger partial charge on any atom is 0.0866 e. The highest BCUT2D eigenvalue weighted by atomic mass is 16.6. The molecule has 15 heavy (non-hydrogen) atoms. The first kappa shape index (κ1) is 11.4. The number of fused-ring (bicyclic) bond motifs is 1. The van der Waals surface area contributed by atoms with E-state index in [1.165, 1.54) is 44.9 Å². The van der Waals surface area contributed by atoms with Crippen molar-refractivity contribution < 1.29 is 9.47 Å². The Bertz CT molecular complexity index is 181. The van der Waals surface area contributed by atoms with Gasteiger partial charge >= 0.3 is 0 Å². The summed E-state index contributed by atoms with van der Waals surface area (Å²) in [7, 11) is 0. The molecular formula is C13H24O2. The summed E-state index contributed by atoms with van der Waals surface area (Å²) in [5.74, 6) is 0. The first-order valence-electron chi connectivity index (χ1n) is 6.67. The number of hydrogen-bond donors (Lipinski definition) is 0. The Morgan fingerprint density at radius 1 is 1.07 bits per heavy atom. The Labute approximate surface area is 93.3 Å². The lowest BCUT2D eigenvalue weighted by molar-refractivity contribution is 0.0308. The third-order valence-corrected chi connectivity index (χ3v) is 3.56. The van der Waals surface area contributed by atoms with Gasteiger partial charge in [0, 0.05) is 13.0 Å². The van der Waals surface area contributed by atoms with Crippen LogP contribution in [-0.2, 0) is 9.47 Å². The van der Waals surface area contributed by atoms with Crippen LogP contribution in [0.4, 0.5) is 0 Å². The molecule has 88 valence electrons. The molecule has 1 saturated carbocycles. The molecule has 2 nitrogen and oxygen atoms in total. The highest BCUT2D eigenvalue weighted by molar-refractivity contribution is 4.92. The van der Waals surface area contributed by atoms with E-state index in [0.717, 1.165) is 13.0 Å². The molecule has 0 spiro atoms. The van der Waals surface area contributed by atoms with Crippen LogP contribution in [0, 0.1) is 0 Å². The van der Waals surface area contributed by atoms with Crippen molar-refractivity contribution in [2.45, 2.75) is 76.6 Å². The smallest absolute Gasteiger partial charge is 0.0866 e. The average Bonchev–Trinajstić information content (AvgIpc) is 3.01. The fraction of sp³-hybridized carbons (Fsp3) is 1.00. The maximum atomic E-state index is 5.88. The molecule has 0 N–H and O–H groups in total. The van der Waals surface area contributed by atoms with Gasteiger partial charge in [-0.05, 0) is 19.3 Å². The maximum absolute atomic E-state index is 5.88. The molecule has 2 rings (SSSR count). The summed E-state index contributed by atoms with van der Waals surface area (Å²) >= 11 is 0. The normalized spacial score (nSPS) is 33.8. The first-order chi connectivity index (χ1) is 7.40. The molecule has 1 heterocycles. The van der Waals surface area contributed by atoms with E-state index in [0.29, 0.717) is 18.3 Å². The fourth-order valence-corrected chi connectivity index (χ4v) is 2.47. The van der Waals surface area contributed by atoms with Crippen molar-refractivity contribution >= 4 is 0 Å². The highest BCUT2D eigenvalue weighted by Crippen LogP contribution is 2.37. The van der Waals surface area contributed by atoms with Crippen LogP contribution in [0.25, 0.3) is 0 Å². The molecule has 0 radical (unpaired) electrons. The topological polar surface area (TPSA) is 21.8 Å². The summed E-state index contributed by atoms with van der Waals surface area (Å²) in [6.45, 7) is 3.22. The molecule has 2 aliphatic rings. The Kier molecular flexibility index (Phi) is 4.45. The molecule has 2 fully saturated rings. The zero-order chi connectivity index (χ0) is 10.5. The van der Waals surface area contributed by atoms with E-state index >= 15 is 0 Å². The van der Waals surface area contributed by atoms with Gasteiger partial charge in [-0.25, -0.2) is 0 Å². The summed E-state index contributed by atoms with van der Waals surface area (Å²) in [5.41, 5.74) is 0. The summed E-state index contributed by atoms with van der Waals surface area (Å²) < 4.78 is 11.4. The van der Waals surface area contributed by atoms with Crippen LogP contribution in [-0.4, -0.2) is 24.9 Å². The lowest BCUT2D eigenvalue weighted by atomic mass is 9.98. The quantitative estimate of drug-likeness (QED) is 0.477. The largest absolute Gasteiger partial charge is 0.378 e. The molecule has 2 heteroatoms. The molecule has 1 aliphatic heterocycles. The van der Waals surface area contributed by atoms with E-state index in [1.807, 2.05) is 0 Å². The molecule has 0 aromatic rings. The van der Waals surface area contributed by atoms with Gasteiger partial charge in [0.25, 0.3) is 0 Å². The Morgan fingerprint density at radius 3 is 2.73 bits per heavy atom. The second-order valence-electron chi connectivity index (χ2n) is 4.93. The minimum Gasteiger partial charge on any atom is -0.378 e. The first-order valence-corrected chi connectivity index (χ1v) is 6.67. The number of rotatable bonds is 7. The van der Waals surface area contributed by atoms with Crippen LogP contribution >= 0.6 is 0 Å². The molecule has 0 aromatic carbocycles. The third-order valence-electron chi connectivity index (χ3n) is 3.56. The van der Waals surface area contributed by atoms with E-state index < -0.39 is 0 Å². The van der Waals surface area contributed by atoms with E-state index in [4.69, 9.17) is 9.47 Å². The van der Waals surface area contributed by atoms with Crippen molar-refractivity contribution in [3.05, 3.63) is 0 Å². The molecule has 0 bridgehead atoms. The Balaban J connectivity index is 1.43. The van der Waals surface area contributed by atoms with Crippen molar-refractivity contribution in [3.63, 3.8) is 0 Å². The van der Waals surface area contributed by atoms with E-state index in [1.54, 1.807) is 0 Å². The van der Waals surface area contributed by atoms with Crippen molar-refractivity contribution in [3.8, 4) is 0 Å². The van der Waals surface area contributed by atoms with E-state index in [2.05, 4.69) is 6.92 Å². The van der Waals surface area contributed by atoms with Crippen LogP contribution in [0.1, 0.15) is 58.3 Å². The van der Waals surface area contributed by atoms with Crippen molar-refractivity contribution in [1.29, 1.82) is 0 Å². The monoisotopic (exact) mass is 212 g/mol. The Morgan fingerprint density at radius 2 is 1.93 bits per heavy atom. The van der Waals surface area contributed by atoms with Gasteiger partial charge in [-0.15, -0.1) is 0 Å². The number of epoxide rings is 1. The minimum atomic E-state index is 0.500. The highest BCUT2D eigenvalue weighted by Gasteiger charge is 2.44. The molecule has 0 amide bonds. The second-order valence-corrected chi connectivity index (χ2v) is 4.93. The lowest BCUT2D eigenvalue weighted by Gasteiger charge is -2.19. The van der Waals surface area contributed by atoms with Crippen molar-refractivity contribution in [2.24, 2.45) is 0 Å². The van der Waals surface area contributed by atoms with Crippen LogP contribution in [0.5, 0.6) is 0 Å². The predicted molar refractivity (Wildman–Crippen MR) is 61.0 cm³/mol. The second kappa shape index (κ2) is 5.86. The standard InChI is InChI=1S/C13H24O2/c1-2-3-4-5-6-9-14-11-7-8-12-13(10-11)15-12/h11-13H,2-10H2,1H3. The summed E-state index contributed by atoms with van der Waals surface area (Å²) in [4.78, 5) is 0. The van der Waals surface area contributed by atoms with Gasteiger partial charge in [0.1, 0.15) is 0 Å². The third kappa shape index (κ3) is 3.76. The van der Waals surface area contributed by atoms with Gasteiger partial charge in [0.05, 0.1) is 18.3 Å². The van der Waals surface area contributed by atoms with E-state index in [9.17, 15) is 0 Å². The predicted octanol–water partition coefficient (Wildman–Crippen LogP) is 3.29. The molecular weight excluding hydrogens is 188 g/mol.